The zero-order chi connectivity index (χ0) is 18.1. The van der Waals surface area contributed by atoms with Gasteiger partial charge >= 0.3 is 6.01 Å². The van der Waals surface area contributed by atoms with Crippen LogP contribution in [0.25, 0.3) is 0 Å². The third kappa shape index (κ3) is 3.06. The monoisotopic (exact) mass is 352 g/mol. The van der Waals surface area contributed by atoms with Gasteiger partial charge in [0.15, 0.2) is 5.69 Å². The number of anilines is 2. The van der Waals surface area contributed by atoms with Crippen molar-refractivity contribution in [2.45, 2.75) is 12.3 Å². The Morgan fingerprint density at radius 1 is 1.23 bits per heavy atom. The third-order valence-corrected chi connectivity index (χ3v) is 4.15. The lowest BCUT2D eigenvalue weighted by Crippen LogP contribution is -2.24. The van der Waals surface area contributed by atoms with Gasteiger partial charge in [0.05, 0.1) is 5.92 Å². The second-order valence-electron chi connectivity index (χ2n) is 6.02. The minimum atomic E-state index is -0.436. The largest absolute Gasteiger partial charge is 0.407 e. The maximum atomic E-state index is 12.3. The molecule has 0 aliphatic carbocycles. The number of aryl methyl sites for hydroxylation is 1. The van der Waals surface area contributed by atoms with Gasteiger partial charge in [-0.15, -0.1) is 5.10 Å². The number of carbonyl (C=O) groups is 2. The van der Waals surface area contributed by atoms with Crippen LogP contribution in [0.5, 0.6) is 0 Å². The molecule has 0 bridgehead atoms. The molecule has 9 heteroatoms. The summed E-state index contributed by atoms with van der Waals surface area (Å²) in [4.78, 5) is 26.1. The molecule has 1 N–H and O–H groups in total. The van der Waals surface area contributed by atoms with Crippen molar-refractivity contribution in [1.29, 1.82) is 0 Å². The van der Waals surface area contributed by atoms with Crippen LogP contribution in [0.4, 0.5) is 11.7 Å². The highest BCUT2D eigenvalue weighted by molar-refractivity contribution is 6.01. The number of carbonyl (C=O) groups excluding carboxylic acids is 2. The summed E-state index contributed by atoms with van der Waals surface area (Å²) in [6.07, 6.45) is 1.95. The van der Waals surface area contributed by atoms with E-state index in [9.17, 15) is 9.59 Å². The first-order chi connectivity index (χ1) is 12.6. The molecule has 26 heavy (non-hydrogen) atoms. The van der Waals surface area contributed by atoms with Gasteiger partial charge in [0, 0.05) is 31.9 Å². The molecule has 1 aliphatic rings. The summed E-state index contributed by atoms with van der Waals surface area (Å²) >= 11 is 0. The molecular weight excluding hydrogens is 336 g/mol. The van der Waals surface area contributed by atoms with Crippen LogP contribution in [0.1, 0.15) is 28.7 Å². The molecule has 1 atom stereocenters. The fourth-order valence-corrected chi connectivity index (χ4v) is 2.88. The number of amides is 2. The minimum absolute atomic E-state index is 0.00142. The lowest BCUT2D eigenvalue weighted by molar-refractivity contribution is -0.117. The first kappa shape index (κ1) is 16.0. The summed E-state index contributed by atoms with van der Waals surface area (Å²) in [5.74, 6) is -0.323. The third-order valence-electron chi connectivity index (χ3n) is 4.15. The molecule has 1 unspecified atom stereocenters. The standard InChI is InChI=1S/C17H16N6O3/c1-22-8-7-13(21-22)15(25)18-17-20-19-16(26-17)11-9-14(24)23(10-11)12-5-3-2-4-6-12/h2-8,11H,9-10H2,1H3,(H,18,20,25). The number of hydrogen-bond donors (Lipinski definition) is 1. The summed E-state index contributed by atoms with van der Waals surface area (Å²) in [5, 5.41) is 14.3. The highest BCUT2D eigenvalue weighted by Crippen LogP contribution is 2.31. The molecule has 2 aromatic heterocycles. The molecule has 1 aliphatic heterocycles. The maximum absolute atomic E-state index is 12.3. The highest BCUT2D eigenvalue weighted by atomic mass is 16.4. The van der Waals surface area contributed by atoms with Gasteiger partial charge in [0.2, 0.25) is 11.8 Å². The Kier molecular flexibility index (Phi) is 3.96. The zero-order valence-corrected chi connectivity index (χ0v) is 14.0. The summed E-state index contributed by atoms with van der Waals surface area (Å²) in [6.45, 7) is 0.457. The van der Waals surface area contributed by atoms with Gasteiger partial charge in [-0.05, 0) is 18.2 Å². The predicted octanol–water partition coefficient (Wildman–Crippen LogP) is 1.58. The maximum Gasteiger partial charge on any atom is 0.322 e. The van der Waals surface area contributed by atoms with Crippen molar-refractivity contribution in [2.75, 3.05) is 16.8 Å². The summed E-state index contributed by atoms with van der Waals surface area (Å²) in [6, 6.07) is 11.0. The van der Waals surface area contributed by atoms with E-state index in [1.54, 1.807) is 24.2 Å². The van der Waals surface area contributed by atoms with E-state index in [1.165, 1.54) is 4.68 Å². The van der Waals surface area contributed by atoms with E-state index >= 15 is 0 Å². The molecule has 1 aromatic carbocycles. The average molecular weight is 352 g/mol. The van der Waals surface area contributed by atoms with E-state index in [1.807, 2.05) is 30.3 Å². The molecule has 0 spiro atoms. The van der Waals surface area contributed by atoms with Crippen molar-refractivity contribution in [3.05, 3.63) is 54.2 Å². The summed E-state index contributed by atoms with van der Waals surface area (Å²) in [7, 11) is 1.72. The molecule has 3 aromatic rings. The number of aromatic nitrogens is 4. The van der Waals surface area contributed by atoms with E-state index in [2.05, 4.69) is 20.6 Å². The van der Waals surface area contributed by atoms with Gasteiger partial charge in [-0.25, -0.2) is 0 Å². The first-order valence-corrected chi connectivity index (χ1v) is 8.10. The Morgan fingerprint density at radius 2 is 2.04 bits per heavy atom. The molecular formula is C17H16N6O3. The number of benzene rings is 1. The number of para-hydroxylation sites is 1. The van der Waals surface area contributed by atoms with Crippen molar-refractivity contribution < 1.29 is 14.0 Å². The second kappa shape index (κ2) is 6.43. The summed E-state index contributed by atoms with van der Waals surface area (Å²) in [5.41, 5.74) is 1.08. The average Bonchev–Trinajstić information content (AvgIpc) is 3.36. The van der Waals surface area contributed by atoms with Crippen molar-refractivity contribution >= 4 is 23.5 Å². The van der Waals surface area contributed by atoms with Crippen molar-refractivity contribution in [1.82, 2.24) is 20.0 Å². The van der Waals surface area contributed by atoms with Crippen molar-refractivity contribution in [3.8, 4) is 0 Å². The van der Waals surface area contributed by atoms with E-state index in [-0.39, 0.29) is 30.0 Å². The van der Waals surface area contributed by atoms with Crippen LogP contribution in [-0.4, -0.2) is 38.3 Å². The van der Waals surface area contributed by atoms with Crippen molar-refractivity contribution in [3.63, 3.8) is 0 Å². The normalized spacial score (nSPS) is 16.9. The van der Waals surface area contributed by atoms with Crippen LogP contribution < -0.4 is 10.2 Å². The van der Waals surface area contributed by atoms with E-state index in [0.29, 0.717) is 12.4 Å². The molecule has 3 heterocycles. The van der Waals surface area contributed by atoms with Gasteiger partial charge in [-0.2, -0.15) is 5.10 Å². The predicted molar refractivity (Wildman–Crippen MR) is 91.6 cm³/mol. The smallest absolute Gasteiger partial charge is 0.322 e. The lowest BCUT2D eigenvalue weighted by Gasteiger charge is -2.15. The van der Waals surface area contributed by atoms with Crippen LogP contribution in [-0.2, 0) is 11.8 Å². The molecule has 132 valence electrons. The molecule has 9 nitrogen and oxygen atoms in total. The fourth-order valence-electron chi connectivity index (χ4n) is 2.88. The molecule has 0 radical (unpaired) electrons. The van der Waals surface area contributed by atoms with Gasteiger partial charge in [-0.1, -0.05) is 23.3 Å². The Morgan fingerprint density at radius 3 is 2.77 bits per heavy atom. The summed E-state index contributed by atoms with van der Waals surface area (Å²) < 4.78 is 7.06. The number of nitrogens with one attached hydrogen (secondary N) is 1. The van der Waals surface area contributed by atoms with Crippen molar-refractivity contribution in [2.24, 2.45) is 7.05 Å². The van der Waals surface area contributed by atoms with Gasteiger partial charge < -0.3 is 9.32 Å². The molecule has 1 saturated heterocycles. The second-order valence-corrected chi connectivity index (χ2v) is 6.02. The number of hydrogen-bond acceptors (Lipinski definition) is 6. The Labute approximate surface area is 148 Å². The molecule has 2 amide bonds. The SMILES string of the molecule is Cn1ccc(C(=O)Nc2nnc(C3CC(=O)N(c4ccccc4)C3)o2)n1. The van der Waals surface area contributed by atoms with Crippen LogP contribution in [0.3, 0.4) is 0 Å². The van der Waals surface area contributed by atoms with Crippen LogP contribution >= 0.6 is 0 Å². The lowest BCUT2D eigenvalue weighted by atomic mass is 10.1. The quantitative estimate of drug-likeness (QED) is 0.764. The Balaban J connectivity index is 1.45. The first-order valence-electron chi connectivity index (χ1n) is 8.10. The topological polar surface area (TPSA) is 106 Å². The van der Waals surface area contributed by atoms with Gasteiger partial charge in [0.1, 0.15) is 0 Å². The number of rotatable bonds is 4. The van der Waals surface area contributed by atoms with Crippen LogP contribution in [0.2, 0.25) is 0 Å². The van der Waals surface area contributed by atoms with Gasteiger partial charge in [-0.3, -0.25) is 19.6 Å². The van der Waals surface area contributed by atoms with E-state index in [0.717, 1.165) is 5.69 Å². The van der Waals surface area contributed by atoms with E-state index < -0.39 is 5.91 Å². The fraction of sp³-hybridized carbons (Fsp3) is 0.235. The van der Waals surface area contributed by atoms with Crippen LogP contribution in [0, 0.1) is 0 Å². The highest BCUT2D eigenvalue weighted by Gasteiger charge is 2.35. The number of nitrogens with zero attached hydrogens (tertiary/aromatic N) is 5. The van der Waals surface area contributed by atoms with Gasteiger partial charge in [0.25, 0.3) is 5.91 Å². The van der Waals surface area contributed by atoms with E-state index in [4.69, 9.17) is 4.42 Å². The van der Waals surface area contributed by atoms with Crippen LogP contribution in [0.15, 0.2) is 47.0 Å². The molecule has 1 fully saturated rings. The molecule has 0 saturated carbocycles. The minimum Gasteiger partial charge on any atom is -0.407 e. The molecule has 4 rings (SSSR count). The zero-order valence-electron chi connectivity index (χ0n) is 14.0. The Bertz CT molecular complexity index is 948. The Hall–Kier alpha value is -3.49.